The smallest absolute Gasteiger partial charge is 0.257 e. The Labute approximate surface area is 124 Å². The largest absolute Gasteiger partial charge is 0.504 e. The van der Waals surface area contributed by atoms with Crippen molar-refractivity contribution in [1.82, 2.24) is 9.80 Å². The maximum Gasteiger partial charge on any atom is 0.257 e. The zero-order valence-corrected chi connectivity index (χ0v) is 12.4. The van der Waals surface area contributed by atoms with Gasteiger partial charge in [0.25, 0.3) is 5.91 Å². The standard InChI is InChI=1S/C15H22N2O4/c1-15(2,21)10-16-6-8-17(9-7-16)14(20)11-4-3-5-12(18)13(11)19/h3-5,18-19,21H,6-10H2,1-2H3. The summed E-state index contributed by atoms with van der Waals surface area (Å²) >= 11 is 0. The Balaban J connectivity index is 1.99. The van der Waals surface area contributed by atoms with Gasteiger partial charge in [-0.15, -0.1) is 0 Å². The summed E-state index contributed by atoms with van der Waals surface area (Å²) in [5, 5.41) is 29.0. The van der Waals surface area contributed by atoms with Gasteiger partial charge in [-0.05, 0) is 26.0 Å². The third-order valence-electron chi connectivity index (χ3n) is 3.52. The zero-order valence-electron chi connectivity index (χ0n) is 12.4. The molecular formula is C15H22N2O4. The van der Waals surface area contributed by atoms with Gasteiger partial charge in [-0.1, -0.05) is 6.07 Å². The van der Waals surface area contributed by atoms with Crippen LogP contribution in [0.2, 0.25) is 0 Å². The first kappa shape index (κ1) is 15.6. The van der Waals surface area contributed by atoms with Crippen LogP contribution in [0.1, 0.15) is 24.2 Å². The van der Waals surface area contributed by atoms with Gasteiger partial charge >= 0.3 is 0 Å². The number of nitrogens with zero attached hydrogens (tertiary/aromatic N) is 2. The molecule has 0 saturated carbocycles. The highest BCUT2D eigenvalue weighted by Crippen LogP contribution is 2.29. The van der Waals surface area contributed by atoms with Crippen LogP contribution in [0.3, 0.4) is 0 Å². The van der Waals surface area contributed by atoms with Crippen molar-refractivity contribution >= 4 is 5.91 Å². The van der Waals surface area contributed by atoms with Crippen LogP contribution < -0.4 is 0 Å². The SMILES string of the molecule is CC(C)(O)CN1CCN(C(=O)c2cccc(O)c2O)CC1. The van der Waals surface area contributed by atoms with Crippen molar-refractivity contribution < 1.29 is 20.1 Å². The molecule has 116 valence electrons. The molecule has 21 heavy (non-hydrogen) atoms. The van der Waals surface area contributed by atoms with E-state index in [4.69, 9.17) is 0 Å². The monoisotopic (exact) mass is 294 g/mol. The van der Waals surface area contributed by atoms with Crippen LogP contribution in [0, 0.1) is 0 Å². The van der Waals surface area contributed by atoms with Crippen LogP contribution in [0.15, 0.2) is 18.2 Å². The third-order valence-corrected chi connectivity index (χ3v) is 3.52. The number of para-hydroxylation sites is 1. The first-order chi connectivity index (χ1) is 9.78. The molecular weight excluding hydrogens is 272 g/mol. The number of carbonyl (C=O) groups is 1. The Kier molecular flexibility index (Phi) is 4.39. The molecule has 1 amide bonds. The minimum atomic E-state index is -0.754. The second-order valence-corrected chi connectivity index (χ2v) is 6.05. The van der Waals surface area contributed by atoms with Gasteiger partial charge in [-0.3, -0.25) is 9.69 Å². The van der Waals surface area contributed by atoms with Crippen LogP contribution in [-0.2, 0) is 0 Å². The fourth-order valence-corrected chi connectivity index (χ4v) is 2.53. The van der Waals surface area contributed by atoms with E-state index in [1.165, 1.54) is 18.2 Å². The van der Waals surface area contributed by atoms with Crippen LogP contribution in [0.4, 0.5) is 0 Å². The predicted octanol–water partition coefficient (Wildman–Crippen LogP) is 0.626. The molecule has 0 atom stereocenters. The highest BCUT2D eigenvalue weighted by molar-refractivity contribution is 5.97. The Morgan fingerprint density at radius 1 is 1.19 bits per heavy atom. The molecule has 1 fully saturated rings. The van der Waals surface area contributed by atoms with Crippen molar-refractivity contribution in [3.05, 3.63) is 23.8 Å². The number of aromatic hydroxyl groups is 2. The topological polar surface area (TPSA) is 84.2 Å². The van der Waals surface area contributed by atoms with Crippen molar-refractivity contribution in [3.63, 3.8) is 0 Å². The van der Waals surface area contributed by atoms with Gasteiger partial charge in [0.05, 0.1) is 11.2 Å². The lowest BCUT2D eigenvalue weighted by molar-refractivity contribution is 0.0178. The molecule has 0 radical (unpaired) electrons. The molecule has 6 nitrogen and oxygen atoms in total. The summed E-state index contributed by atoms with van der Waals surface area (Å²) in [6, 6.07) is 4.38. The van der Waals surface area contributed by atoms with Crippen LogP contribution >= 0.6 is 0 Å². The number of hydrogen-bond donors (Lipinski definition) is 3. The minimum absolute atomic E-state index is 0.117. The highest BCUT2D eigenvalue weighted by atomic mass is 16.3. The molecule has 3 N–H and O–H groups in total. The number of amides is 1. The molecule has 2 rings (SSSR count). The maximum atomic E-state index is 12.4. The zero-order chi connectivity index (χ0) is 15.6. The molecule has 1 aliphatic rings. The van der Waals surface area contributed by atoms with E-state index in [2.05, 4.69) is 4.90 Å². The summed E-state index contributed by atoms with van der Waals surface area (Å²) in [5.74, 6) is -0.950. The van der Waals surface area contributed by atoms with Crippen LogP contribution in [0.25, 0.3) is 0 Å². The molecule has 1 heterocycles. The van der Waals surface area contributed by atoms with Crippen molar-refractivity contribution in [3.8, 4) is 11.5 Å². The number of benzene rings is 1. The van der Waals surface area contributed by atoms with Crippen molar-refractivity contribution in [2.24, 2.45) is 0 Å². The fraction of sp³-hybridized carbons (Fsp3) is 0.533. The second-order valence-electron chi connectivity index (χ2n) is 6.05. The van der Waals surface area contributed by atoms with Crippen LogP contribution in [-0.4, -0.2) is 69.4 Å². The van der Waals surface area contributed by atoms with Gasteiger partial charge in [0.2, 0.25) is 0 Å². The molecule has 0 aromatic heterocycles. The number of aliphatic hydroxyl groups is 1. The molecule has 1 aromatic rings. The molecule has 1 aliphatic heterocycles. The summed E-state index contributed by atoms with van der Waals surface area (Å²) in [7, 11) is 0. The Hall–Kier alpha value is -1.79. The summed E-state index contributed by atoms with van der Waals surface area (Å²) < 4.78 is 0. The number of hydrogen-bond acceptors (Lipinski definition) is 5. The lowest BCUT2D eigenvalue weighted by atomic mass is 10.1. The van der Waals surface area contributed by atoms with Gasteiger partial charge in [-0.2, -0.15) is 0 Å². The van der Waals surface area contributed by atoms with Crippen molar-refractivity contribution in [1.29, 1.82) is 0 Å². The average Bonchev–Trinajstić information content (AvgIpc) is 2.40. The van der Waals surface area contributed by atoms with E-state index in [-0.39, 0.29) is 23.0 Å². The van der Waals surface area contributed by atoms with Crippen LogP contribution in [0.5, 0.6) is 11.5 Å². The number of phenols is 2. The van der Waals surface area contributed by atoms with E-state index < -0.39 is 5.60 Å². The summed E-state index contributed by atoms with van der Waals surface area (Å²) in [4.78, 5) is 16.1. The number of carbonyl (C=O) groups excluding carboxylic acids is 1. The van der Waals surface area contributed by atoms with E-state index in [1.807, 2.05) is 0 Å². The van der Waals surface area contributed by atoms with E-state index in [0.717, 1.165) is 0 Å². The summed E-state index contributed by atoms with van der Waals surface area (Å²) in [6.45, 7) is 6.50. The molecule has 0 aliphatic carbocycles. The lowest BCUT2D eigenvalue weighted by Gasteiger charge is -2.37. The van der Waals surface area contributed by atoms with Gasteiger partial charge in [-0.25, -0.2) is 0 Å². The first-order valence-corrected chi connectivity index (χ1v) is 7.03. The molecule has 1 aromatic carbocycles. The van der Waals surface area contributed by atoms with Gasteiger partial charge in [0.15, 0.2) is 11.5 Å². The normalized spacial score (nSPS) is 17.0. The lowest BCUT2D eigenvalue weighted by Crippen LogP contribution is -2.52. The van der Waals surface area contributed by atoms with Crippen molar-refractivity contribution in [2.75, 3.05) is 32.7 Å². The Morgan fingerprint density at radius 2 is 1.81 bits per heavy atom. The molecule has 0 unspecified atom stereocenters. The van der Waals surface area contributed by atoms with E-state index in [0.29, 0.717) is 32.7 Å². The highest BCUT2D eigenvalue weighted by Gasteiger charge is 2.27. The van der Waals surface area contributed by atoms with Gasteiger partial charge in [0, 0.05) is 32.7 Å². The second kappa shape index (κ2) is 5.91. The number of rotatable bonds is 3. The Morgan fingerprint density at radius 3 is 2.38 bits per heavy atom. The predicted molar refractivity (Wildman–Crippen MR) is 78.4 cm³/mol. The molecule has 1 saturated heterocycles. The third kappa shape index (κ3) is 3.86. The number of piperazine rings is 1. The summed E-state index contributed by atoms with van der Waals surface area (Å²) in [5.41, 5.74) is -0.638. The molecule has 6 heteroatoms. The fourth-order valence-electron chi connectivity index (χ4n) is 2.53. The average molecular weight is 294 g/mol. The first-order valence-electron chi connectivity index (χ1n) is 7.03. The molecule has 0 bridgehead atoms. The van der Waals surface area contributed by atoms with E-state index in [9.17, 15) is 20.1 Å². The molecule has 0 spiro atoms. The number of β-amino-alcohol motifs (C(OH)–C–C–N with tert-alkyl or cyclic N) is 1. The van der Waals surface area contributed by atoms with E-state index in [1.54, 1.807) is 18.7 Å². The maximum absolute atomic E-state index is 12.4. The van der Waals surface area contributed by atoms with Gasteiger partial charge < -0.3 is 20.2 Å². The number of phenolic OH excluding ortho intramolecular Hbond substituents is 2. The van der Waals surface area contributed by atoms with Gasteiger partial charge in [0.1, 0.15) is 0 Å². The summed E-state index contributed by atoms with van der Waals surface area (Å²) in [6.07, 6.45) is 0. The van der Waals surface area contributed by atoms with E-state index >= 15 is 0 Å². The Bertz CT molecular complexity index is 517. The van der Waals surface area contributed by atoms with Crippen molar-refractivity contribution in [2.45, 2.75) is 19.4 Å². The minimum Gasteiger partial charge on any atom is -0.504 e. The quantitative estimate of drug-likeness (QED) is 0.712.